The van der Waals surface area contributed by atoms with Gasteiger partial charge in [0.2, 0.25) is 5.91 Å². The van der Waals surface area contributed by atoms with Crippen LogP contribution in [0.1, 0.15) is 23.2 Å². The summed E-state index contributed by atoms with van der Waals surface area (Å²) in [6.45, 7) is 1.19. The second kappa shape index (κ2) is 9.66. The zero-order valence-corrected chi connectivity index (χ0v) is 16.6. The van der Waals surface area contributed by atoms with Crippen LogP contribution in [0.2, 0.25) is 0 Å². The van der Waals surface area contributed by atoms with E-state index in [0.717, 1.165) is 31.2 Å². The van der Waals surface area contributed by atoms with Gasteiger partial charge in [0, 0.05) is 32.1 Å². The minimum absolute atomic E-state index is 0.0605. The molecule has 0 radical (unpaired) electrons. The van der Waals surface area contributed by atoms with Crippen LogP contribution in [0.15, 0.2) is 40.4 Å². The maximum absolute atomic E-state index is 13.0. The Morgan fingerprint density at radius 2 is 2.10 bits per heavy atom. The number of thioether (sulfide) groups is 1. The number of halogens is 1. The minimum Gasteiger partial charge on any atom is -0.376 e. The lowest BCUT2D eigenvalue weighted by Crippen LogP contribution is -2.33. The van der Waals surface area contributed by atoms with E-state index in [2.05, 4.69) is 15.6 Å². The summed E-state index contributed by atoms with van der Waals surface area (Å²) in [4.78, 5) is 40.9. The van der Waals surface area contributed by atoms with Gasteiger partial charge in [-0.2, -0.15) is 0 Å². The number of ether oxygens (including phenoxy) is 1. The van der Waals surface area contributed by atoms with Gasteiger partial charge in [-0.1, -0.05) is 11.8 Å². The smallest absolute Gasteiger partial charge is 0.266 e. The molecule has 1 aliphatic rings. The average Bonchev–Trinajstić information content (AvgIpc) is 3.23. The first-order valence-corrected chi connectivity index (χ1v) is 10.1. The third kappa shape index (κ3) is 5.64. The zero-order valence-electron chi connectivity index (χ0n) is 15.8. The molecule has 1 saturated heterocycles. The van der Waals surface area contributed by atoms with Crippen molar-refractivity contribution in [1.82, 2.24) is 14.9 Å². The second-order valence-electron chi connectivity index (χ2n) is 6.51. The van der Waals surface area contributed by atoms with Crippen LogP contribution in [0.25, 0.3) is 0 Å². The molecule has 1 fully saturated rings. The van der Waals surface area contributed by atoms with Crippen LogP contribution in [0.4, 0.5) is 10.1 Å². The molecule has 10 heteroatoms. The van der Waals surface area contributed by atoms with Gasteiger partial charge in [0.15, 0.2) is 5.16 Å². The summed E-state index contributed by atoms with van der Waals surface area (Å²) in [7, 11) is 1.48. The number of nitrogens with zero attached hydrogens (tertiary/aromatic N) is 2. The molecule has 3 rings (SSSR count). The molecular formula is C19H21FN4O4S. The molecule has 0 spiro atoms. The Morgan fingerprint density at radius 3 is 2.79 bits per heavy atom. The molecule has 2 heterocycles. The monoisotopic (exact) mass is 420 g/mol. The molecule has 1 aromatic carbocycles. The van der Waals surface area contributed by atoms with Crippen LogP contribution in [0.3, 0.4) is 0 Å². The number of hydrogen-bond acceptors (Lipinski definition) is 6. The van der Waals surface area contributed by atoms with Crippen molar-refractivity contribution in [2.75, 3.05) is 24.2 Å². The van der Waals surface area contributed by atoms with Crippen molar-refractivity contribution < 1.29 is 18.7 Å². The highest BCUT2D eigenvalue weighted by atomic mass is 32.2. The van der Waals surface area contributed by atoms with E-state index in [9.17, 15) is 18.8 Å². The number of carbonyl (C=O) groups excluding carboxylic acids is 2. The lowest BCUT2D eigenvalue weighted by Gasteiger charge is -2.11. The van der Waals surface area contributed by atoms with Crippen LogP contribution in [-0.2, 0) is 16.6 Å². The fraction of sp³-hybridized carbons (Fsp3) is 0.368. The predicted molar refractivity (Wildman–Crippen MR) is 107 cm³/mol. The number of amides is 2. The predicted octanol–water partition coefficient (Wildman–Crippen LogP) is 1.56. The normalized spacial score (nSPS) is 15.9. The lowest BCUT2D eigenvalue weighted by atomic mass is 10.2. The Labute approximate surface area is 170 Å². The van der Waals surface area contributed by atoms with Gasteiger partial charge in [0.05, 0.1) is 11.9 Å². The molecule has 2 amide bonds. The Bertz CT molecular complexity index is 942. The molecule has 8 nitrogen and oxygen atoms in total. The van der Waals surface area contributed by atoms with Gasteiger partial charge in [0.1, 0.15) is 11.4 Å². The Balaban J connectivity index is 1.58. The maximum Gasteiger partial charge on any atom is 0.266 e. The molecule has 29 heavy (non-hydrogen) atoms. The van der Waals surface area contributed by atoms with Crippen molar-refractivity contribution in [3.8, 4) is 0 Å². The van der Waals surface area contributed by atoms with Crippen LogP contribution in [0, 0.1) is 5.82 Å². The fourth-order valence-electron chi connectivity index (χ4n) is 2.76. The molecular weight excluding hydrogens is 399 g/mol. The molecule has 1 atom stereocenters. The van der Waals surface area contributed by atoms with E-state index < -0.39 is 17.3 Å². The standard InChI is InChI=1S/C19H21FN4O4S/c1-24-18(27)15(17(26)23-13-6-4-12(20)5-7-13)10-22-19(24)29-11-16(25)21-9-14-3-2-8-28-14/h4-7,10,14H,2-3,8-9,11H2,1H3,(H,21,25)(H,23,26)/t14-/m0/s1. The topological polar surface area (TPSA) is 102 Å². The summed E-state index contributed by atoms with van der Waals surface area (Å²) in [5.41, 5.74) is -0.328. The van der Waals surface area contributed by atoms with Crippen LogP contribution in [-0.4, -0.2) is 46.4 Å². The molecule has 0 aliphatic carbocycles. The third-order valence-corrected chi connectivity index (χ3v) is 5.40. The number of aromatic nitrogens is 2. The molecule has 0 saturated carbocycles. The summed E-state index contributed by atoms with van der Waals surface area (Å²) in [6.07, 6.45) is 3.17. The highest BCUT2D eigenvalue weighted by Crippen LogP contribution is 2.14. The third-order valence-electron chi connectivity index (χ3n) is 4.36. The molecule has 154 valence electrons. The first kappa shape index (κ1) is 21.0. The van der Waals surface area contributed by atoms with E-state index in [4.69, 9.17) is 4.74 Å². The van der Waals surface area contributed by atoms with E-state index in [-0.39, 0.29) is 23.3 Å². The molecule has 2 N–H and O–H groups in total. The number of benzene rings is 1. The number of nitrogens with one attached hydrogen (secondary N) is 2. The molecule has 2 aromatic rings. The largest absolute Gasteiger partial charge is 0.376 e. The van der Waals surface area contributed by atoms with Gasteiger partial charge in [0.25, 0.3) is 11.5 Å². The quantitative estimate of drug-likeness (QED) is 0.521. The minimum atomic E-state index is -0.643. The Kier molecular flexibility index (Phi) is 6.99. The first-order valence-electron chi connectivity index (χ1n) is 9.08. The second-order valence-corrected chi connectivity index (χ2v) is 7.45. The number of hydrogen-bond donors (Lipinski definition) is 2. The maximum atomic E-state index is 13.0. The van der Waals surface area contributed by atoms with Gasteiger partial charge >= 0.3 is 0 Å². The van der Waals surface area contributed by atoms with Gasteiger partial charge < -0.3 is 15.4 Å². The molecule has 1 aromatic heterocycles. The fourth-order valence-corrected chi connectivity index (χ4v) is 3.53. The summed E-state index contributed by atoms with van der Waals surface area (Å²) >= 11 is 1.10. The van der Waals surface area contributed by atoms with Crippen LogP contribution in [0.5, 0.6) is 0 Å². The van der Waals surface area contributed by atoms with Crippen molar-refractivity contribution in [3.05, 3.63) is 52.2 Å². The van der Waals surface area contributed by atoms with Crippen molar-refractivity contribution in [2.24, 2.45) is 7.05 Å². The van der Waals surface area contributed by atoms with E-state index in [1.54, 1.807) is 0 Å². The number of anilines is 1. The van der Waals surface area contributed by atoms with Crippen molar-refractivity contribution in [1.29, 1.82) is 0 Å². The summed E-state index contributed by atoms with van der Waals surface area (Å²) in [5, 5.41) is 5.64. The lowest BCUT2D eigenvalue weighted by molar-refractivity contribution is -0.119. The molecule has 0 bridgehead atoms. The SMILES string of the molecule is Cn1c(SCC(=O)NC[C@@H]2CCCO2)ncc(C(=O)Nc2ccc(F)cc2)c1=O. The molecule has 1 aliphatic heterocycles. The van der Waals surface area contributed by atoms with Gasteiger partial charge in [-0.15, -0.1) is 0 Å². The Hall–Kier alpha value is -2.72. The van der Waals surface area contributed by atoms with E-state index >= 15 is 0 Å². The number of rotatable bonds is 7. The first-order chi connectivity index (χ1) is 13.9. The number of carbonyl (C=O) groups is 2. The van der Waals surface area contributed by atoms with E-state index in [0.29, 0.717) is 17.4 Å². The van der Waals surface area contributed by atoms with E-state index in [1.807, 2.05) is 0 Å². The summed E-state index contributed by atoms with van der Waals surface area (Å²) in [5.74, 6) is -1.16. The van der Waals surface area contributed by atoms with Crippen molar-refractivity contribution >= 4 is 29.3 Å². The summed E-state index contributed by atoms with van der Waals surface area (Å²) < 4.78 is 19.6. The van der Waals surface area contributed by atoms with Crippen LogP contribution >= 0.6 is 11.8 Å². The van der Waals surface area contributed by atoms with Crippen LogP contribution < -0.4 is 16.2 Å². The van der Waals surface area contributed by atoms with Gasteiger partial charge in [-0.3, -0.25) is 19.0 Å². The van der Waals surface area contributed by atoms with Crippen molar-refractivity contribution in [3.63, 3.8) is 0 Å². The van der Waals surface area contributed by atoms with Crippen molar-refractivity contribution in [2.45, 2.75) is 24.1 Å². The zero-order chi connectivity index (χ0) is 20.8. The van der Waals surface area contributed by atoms with E-state index in [1.165, 1.54) is 42.1 Å². The highest BCUT2D eigenvalue weighted by Gasteiger charge is 2.18. The summed E-state index contributed by atoms with van der Waals surface area (Å²) in [6, 6.07) is 5.19. The average molecular weight is 420 g/mol. The Morgan fingerprint density at radius 1 is 1.34 bits per heavy atom. The highest BCUT2D eigenvalue weighted by molar-refractivity contribution is 7.99. The molecule has 0 unspecified atom stereocenters. The van der Waals surface area contributed by atoms with Gasteiger partial charge in [-0.25, -0.2) is 9.37 Å². The van der Waals surface area contributed by atoms with Gasteiger partial charge in [-0.05, 0) is 37.1 Å².